The second kappa shape index (κ2) is 7.53. The second-order valence-corrected chi connectivity index (χ2v) is 7.24. The average Bonchev–Trinajstić information content (AvgIpc) is 2.43. The number of hydrogen-bond acceptors (Lipinski definition) is 4. The monoisotopic (exact) mass is 327 g/mol. The zero-order valence-electron chi connectivity index (χ0n) is 12.2. The van der Waals surface area contributed by atoms with Gasteiger partial charge in [-0.3, -0.25) is 0 Å². The molecule has 2 aliphatic heterocycles. The lowest BCUT2D eigenvalue weighted by Crippen LogP contribution is -2.47. The Morgan fingerprint density at radius 3 is 2.71 bits per heavy atom. The fourth-order valence-corrected chi connectivity index (χ4v) is 4.40. The lowest BCUT2D eigenvalue weighted by Gasteiger charge is -2.44. The van der Waals surface area contributed by atoms with Gasteiger partial charge in [0.05, 0.1) is 5.60 Å². The lowest BCUT2D eigenvalue weighted by molar-refractivity contribution is -0.174. The Hall–Kier alpha value is 0.0200. The zero-order valence-corrected chi connectivity index (χ0v) is 13.0. The molecule has 3 nitrogen and oxygen atoms in total. The molecule has 2 fully saturated rings. The number of alkyl halides is 3. The predicted molar refractivity (Wildman–Crippen MR) is 77.4 cm³/mol. The maximum atomic E-state index is 12.0. The molecule has 1 spiro atoms. The first kappa shape index (κ1) is 17.4. The highest BCUT2D eigenvalue weighted by Crippen LogP contribution is 2.40. The van der Waals surface area contributed by atoms with Crippen LogP contribution in [-0.4, -0.2) is 49.1 Å². The molecule has 0 aromatic carbocycles. The van der Waals surface area contributed by atoms with Gasteiger partial charge in [0.25, 0.3) is 0 Å². The van der Waals surface area contributed by atoms with Crippen LogP contribution in [0.15, 0.2) is 0 Å². The third kappa shape index (κ3) is 5.62. The summed E-state index contributed by atoms with van der Waals surface area (Å²) in [5.41, 5.74) is 6.14. The smallest absolute Gasteiger partial charge is 0.375 e. The molecule has 7 heteroatoms. The Balaban J connectivity index is 1.73. The van der Waals surface area contributed by atoms with Gasteiger partial charge in [-0.05, 0) is 49.5 Å². The molecule has 2 rings (SSSR count). The summed E-state index contributed by atoms with van der Waals surface area (Å²) in [7, 11) is 0. The van der Waals surface area contributed by atoms with Crippen molar-refractivity contribution in [2.45, 2.75) is 49.9 Å². The van der Waals surface area contributed by atoms with Gasteiger partial charge in [0.2, 0.25) is 0 Å². The van der Waals surface area contributed by atoms with Crippen molar-refractivity contribution < 1.29 is 22.6 Å². The van der Waals surface area contributed by atoms with Crippen molar-refractivity contribution >= 4 is 11.8 Å². The van der Waals surface area contributed by atoms with Crippen LogP contribution in [0.1, 0.15) is 32.1 Å². The molecule has 0 amide bonds. The topological polar surface area (TPSA) is 44.5 Å². The standard InChI is InChI=1S/C14H24F3NO2S/c15-14(16,17)10-19-5-2-12(18)11-1-6-20-13(9-11)3-7-21-8-4-13/h11-12H,1-10,18H2. The molecule has 0 aromatic heterocycles. The SMILES string of the molecule is NC(CCOCC(F)(F)F)C1CCOC2(CCSCC2)C1. The predicted octanol–water partition coefficient (Wildman–Crippen LogP) is 2.98. The Morgan fingerprint density at radius 1 is 1.33 bits per heavy atom. The van der Waals surface area contributed by atoms with E-state index in [1.54, 1.807) is 0 Å². The minimum absolute atomic E-state index is 0.0292. The van der Waals surface area contributed by atoms with Crippen LogP contribution >= 0.6 is 11.8 Å². The maximum absolute atomic E-state index is 12.0. The highest BCUT2D eigenvalue weighted by molar-refractivity contribution is 7.99. The first-order chi connectivity index (χ1) is 9.90. The molecule has 0 aromatic rings. The Labute approximate surface area is 128 Å². The van der Waals surface area contributed by atoms with Crippen LogP contribution in [-0.2, 0) is 9.47 Å². The molecule has 2 aliphatic rings. The van der Waals surface area contributed by atoms with Crippen LogP contribution in [0, 0.1) is 5.92 Å². The Morgan fingerprint density at radius 2 is 2.05 bits per heavy atom. The molecular weight excluding hydrogens is 303 g/mol. The van der Waals surface area contributed by atoms with E-state index in [2.05, 4.69) is 4.74 Å². The molecule has 124 valence electrons. The third-order valence-electron chi connectivity index (χ3n) is 4.40. The minimum Gasteiger partial charge on any atom is -0.375 e. The van der Waals surface area contributed by atoms with Crippen molar-refractivity contribution in [2.24, 2.45) is 11.7 Å². The maximum Gasteiger partial charge on any atom is 0.411 e. The van der Waals surface area contributed by atoms with E-state index in [9.17, 15) is 13.2 Å². The van der Waals surface area contributed by atoms with Gasteiger partial charge in [0.1, 0.15) is 6.61 Å². The number of hydrogen-bond donors (Lipinski definition) is 1. The van der Waals surface area contributed by atoms with Gasteiger partial charge in [-0.25, -0.2) is 0 Å². The molecule has 0 radical (unpaired) electrons. The van der Waals surface area contributed by atoms with Gasteiger partial charge < -0.3 is 15.2 Å². The van der Waals surface area contributed by atoms with Crippen molar-refractivity contribution in [3.05, 3.63) is 0 Å². The van der Waals surface area contributed by atoms with Gasteiger partial charge in [-0.1, -0.05) is 0 Å². The van der Waals surface area contributed by atoms with E-state index in [1.807, 2.05) is 11.8 Å². The molecule has 0 saturated carbocycles. The summed E-state index contributed by atoms with van der Waals surface area (Å²) < 4.78 is 46.7. The molecule has 2 N–H and O–H groups in total. The van der Waals surface area contributed by atoms with Crippen LogP contribution in [0.2, 0.25) is 0 Å². The van der Waals surface area contributed by atoms with Crippen LogP contribution in [0.4, 0.5) is 13.2 Å². The molecule has 0 bridgehead atoms. The molecule has 2 unspecified atom stereocenters. The molecule has 2 atom stereocenters. The summed E-state index contributed by atoms with van der Waals surface area (Å²) in [5.74, 6) is 2.57. The second-order valence-electron chi connectivity index (χ2n) is 6.02. The molecular formula is C14H24F3NO2S. The van der Waals surface area contributed by atoms with E-state index in [0.717, 1.165) is 37.2 Å². The van der Waals surface area contributed by atoms with Gasteiger partial charge in [-0.15, -0.1) is 0 Å². The fraction of sp³-hybridized carbons (Fsp3) is 1.00. The van der Waals surface area contributed by atoms with E-state index in [1.165, 1.54) is 0 Å². The van der Waals surface area contributed by atoms with Crippen molar-refractivity contribution in [3.63, 3.8) is 0 Å². The van der Waals surface area contributed by atoms with Crippen molar-refractivity contribution in [3.8, 4) is 0 Å². The summed E-state index contributed by atoms with van der Waals surface area (Å²) in [5, 5.41) is 0. The normalized spacial score (nSPS) is 27.7. The van der Waals surface area contributed by atoms with Gasteiger partial charge in [0.15, 0.2) is 0 Å². The highest BCUT2D eigenvalue weighted by atomic mass is 32.2. The van der Waals surface area contributed by atoms with Gasteiger partial charge in [-0.2, -0.15) is 24.9 Å². The zero-order chi connectivity index (χ0) is 15.3. The summed E-state index contributed by atoms with van der Waals surface area (Å²) in [6, 6.07) is -0.103. The molecule has 2 saturated heterocycles. The van der Waals surface area contributed by atoms with Crippen LogP contribution < -0.4 is 5.73 Å². The van der Waals surface area contributed by atoms with Crippen molar-refractivity contribution in [2.75, 3.05) is 31.3 Å². The van der Waals surface area contributed by atoms with E-state index in [0.29, 0.717) is 18.9 Å². The van der Waals surface area contributed by atoms with Crippen LogP contribution in [0.25, 0.3) is 0 Å². The fourth-order valence-electron chi connectivity index (χ4n) is 3.17. The van der Waals surface area contributed by atoms with Gasteiger partial charge in [0, 0.05) is 19.3 Å². The summed E-state index contributed by atoms with van der Waals surface area (Å²) >= 11 is 1.95. The van der Waals surface area contributed by atoms with E-state index < -0.39 is 12.8 Å². The Bertz CT molecular complexity index is 316. The summed E-state index contributed by atoms with van der Waals surface area (Å²) in [6.45, 7) is -0.401. The largest absolute Gasteiger partial charge is 0.411 e. The minimum atomic E-state index is -4.26. The quantitative estimate of drug-likeness (QED) is 0.789. The van der Waals surface area contributed by atoms with E-state index in [4.69, 9.17) is 10.5 Å². The molecule has 21 heavy (non-hydrogen) atoms. The van der Waals surface area contributed by atoms with Crippen LogP contribution in [0.3, 0.4) is 0 Å². The molecule has 2 heterocycles. The number of halogens is 3. The average molecular weight is 327 g/mol. The third-order valence-corrected chi connectivity index (χ3v) is 5.39. The van der Waals surface area contributed by atoms with Crippen LogP contribution in [0.5, 0.6) is 0 Å². The Kier molecular flexibility index (Phi) is 6.23. The van der Waals surface area contributed by atoms with Crippen molar-refractivity contribution in [1.29, 1.82) is 0 Å². The van der Waals surface area contributed by atoms with Crippen molar-refractivity contribution in [1.82, 2.24) is 0 Å². The first-order valence-corrected chi connectivity index (χ1v) is 8.67. The number of nitrogens with two attached hydrogens (primary N) is 1. The van der Waals surface area contributed by atoms with E-state index in [-0.39, 0.29) is 18.2 Å². The first-order valence-electron chi connectivity index (χ1n) is 7.52. The van der Waals surface area contributed by atoms with E-state index >= 15 is 0 Å². The number of ether oxygens (including phenoxy) is 2. The molecule has 0 aliphatic carbocycles. The summed E-state index contributed by atoms with van der Waals surface area (Å²) in [4.78, 5) is 0. The summed E-state index contributed by atoms with van der Waals surface area (Å²) in [6.07, 6.45) is 0.179. The lowest BCUT2D eigenvalue weighted by atomic mass is 9.78. The highest BCUT2D eigenvalue weighted by Gasteiger charge is 2.40. The van der Waals surface area contributed by atoms with Gasteiger partial charge >= 0.3 is 6.18 Å². The number of rotatable bonds is 5. The number of thioether (sulfide) groups is 1.